The number of methoxy groups -OCH3 is 2. The highest BCUT2D eigenvalue weighted by Gasteiger charge is 2.37. The third-order valence-corrected chi connectivity index (χ3v) is 5.56. The normalized spacial score (nSPS) is 20.1. The van der Waals surface area contributed by atoms with Gasteiger partial charge in [-0.1, -0.05) is 6.92 Å². The van der Waals surface area contributed by atoms with E-state index in [0.717, 1.165) is 35.3 Å². The maximum absolute atomic E-state index is 12.5. The lowest BCUT2D eigenvalue weighted by molar-refractivity contribution is -0.128. The Labute approximate surface area is 162 Å². The predicted molar refractivity (Wildman–Crippen MR) is 104 cm³/mol. The maximum Gasteiger partial charge on any atom is 0.223 e. The summed E-state index contributed by atoms with van der Waals surface area (Å²) in [6.45, 7) is 7.86. The lowest BCUT2D eigenvalue weighted by Gasteiger charge is -2.36. The average molecular weight is 379 g/mol. The highest BCUT2D eigenvalue weighted by molar-refractivity contribution is 5.78. The summed E-state index contributed by atoms with van der Waals surface area (Å²) in [5.41, 5.74) is 4.19. The molecule has 0 bridgehead atoms. The molecule has 0 aliphatic heterocycles. The Bertz CT molecular complexity index is 646. The van der Waals surface area contributed by atoms with E-state index in [1.807, 2.05) is 19.9 Å². The summed E-state index contributed by atoms with van der Waals surface area (Å²) in [5.74, 6) is 0.344. The van der Waals surface area contributed by atoms with E-state index in [1.165, 1.54) is 5.56 Å². The van der Waals surface area contributed by atoms with Gasteiger partial charge in [0.15, 0.2) is 0 Å². The molecule has 1 aliphatic carbocycles. The van der Waals surface area contributed by atoms with E-state index in [-0.39, 0.29) is 17.7 Å². The summed E-state index contributed by atoms with van der Waals surface area (Å²) >= 11 is 0. The zero-order valence-corrected chi connectivity index (χ0v) is 17.1. The number of aryl methyl sites for hydroxylation is 1. The summed E-state index contributed by atoms with van der Waals surface area (Å²) in [6.07, 6.45) is 0.969. The van der Waals surface area contributed by atoms with Crippen molar-refractivity contribution >= 4 is 5.91 Å². The van der Waals surface area contributed by atoms with Gasteiger partial charge in [0.1, 0.15) is 12.4 Å². The molecule has 6 nitrogen and oxygen atoms in total. The van der Waals surface area contributed by atoms with Gasteiger partial charge < -0.3 is 24.6 Å². The molecule has 152 valence electrons. The Hall–Kier alpha value is -1.63. The van der Waals surface area contributed by atoms with Gasteiger partial charge in [-0.25, -0.2) is 0 Å². The number of carbonyl (C=O) groups excluding carboxylic acids is 1. The number of nitrogens with one attached hydrogen (secondary N) is 1. The second-order valence-corrected chi connectivity index (χ2v) is 7.27. The van der Waals surface area contributed by atoms with Crippen LogP contribution < -0.4 is 10.1 Å². The third-order valence-electron chi connectivity index (χ3n) is 5.56. The average Bonchev–Trinajstić information content (AvgIpc) is 2.65. The smallest absolute Gasteiger partial charge is 0.223 e. The first-order valence-electron chi connectivity index (χ1n) is 9.61. The molecule has 0 saturated heterocycles. The van der Waals surface area contributed by atoms with Crippen LogP contribution in [0.4, 0.5) is 0 Å². The van der Waals surface area contributed by atoms with Gasteiger partial charge >= 0.3 is 0 Å². The number of amides is 1. The van der Waals surface area contributed by atoms with Crippen LogP contribution in [0.2, 0.25) is 0 Å². The minimum Gasteiger partial charge on any atom is -0.491 e. The summed E-state index contributed by atoms with van der Waals surface area (Å²) in [7, 11) is 3.25. The highest BCUT2D eigenvalue weighted by atomic mass is 16.5. The van der Waals surface area contributed by atoms with Crippen LogP contribution in [0.5, 0.6) is 5.75 Å². The molecule has 2 N–H and O–H groups in total. The van der Waals surface area contributed by atoms with Crippen molar-refractivity contribution in [3.8, 4) is 5.75 Å². The van der Waals surface area contributed by atoms with Crippen molar-refractivity contribution in [2.75, 3.05) is 40.6 Å². The summed E-state index contributed by atoms with van der Waals surface area (Å²) in [5, 5.41) is 14.0. The quantitative estimate of drug-likeness (QED) is 0.644. The first-order chi connectivity index (χ1) is 12.9. The predicted octanol–water partition coefficient (Wildman–Crippen LogP) is 2.32. The Kier molecular flexibility index (Phi) is 8.07. The third kappa shape index (κ3) is 5.00. The Morgan fingerprint density at radius 3 is 2.63 bits per heavy atom. The molecule has 27 heavy (non-hydrogen) atoms. The van der Waals surface area contributed by atoms with Crippen molar-refractivity contribution in [1.82, 2.24) is 5.32 Å². The number of hydrogen-bond acceptors (Lipinski definition) is 5. The number of aliphatic hydroxyl groups is 1. The molecule has 0 saturated carbocycles. The van der Waals surface area contributed by atoms with E-state index in [0.29, 0.717) is 26.4 Å². The molecule has 1 aliphatic rings. The lowest BCUT2D eigenvalue weighted by Crippen LogP contribution is -2.39. The van der Waals surface area contributed by atoms with Crippen molar-refractivity contribution in [1.29, 1.82) is 0 Å². The number of carbonyl (C=O) groups is 1. The molecule has 2 rings (SSSR count). The van der Waals surface area contributed by atoms with Gasteiger partial charge in [0.25, 0.3) is 0 Å². The molecule has 1 aromatic rings. The molecule has 1 aromatic carbocycles. The first-order valence-corrected chi connectivity index (χ1v) is 9.61. The molecule has 0 spiro atoms. The number of fused-ring (bicyclic) bond motifs is 1. The van der Waals surface area contributed by atoms with E-state index >= 15 is 0 Å². The van der Waals surface area contributed by atoms with Gasteiger partial charge in [0.05, 0.1) is 19.3 Å². The van der Waals surface area contributed by atoms with Crippen LogP contribution in [-0.4, -0.2) is 51.6 Å². The molecule has 6 heteroatoms. The van der Waals surface area contributed by atoms with Crippen molar-refractivity contribution in [3.05, 3.63) is 28.3 Å². The number of rotatable bonds is 9. The van der Waals surface area contributed by atoms with Gasteiger partial charge in [-0.15, -0.1) is 0 Å². The lowest BCUT2D eigenvalue weighted by atomic mass is 9.72. The fraction of sp³-hybridized carbons (Fsp3) is 0.667. The van der Waals surface area contributed by atoms with Crippen LogP contribution in [-0.2, 0) is 20.7 Å². The van der Waals surface area contributed by atoms with Crippen LogP contribution in [0.3, 0.4) is 0 Å². The second kappa shape index (κ2) is 10.1. The Balaban J connectivity index is 2.21. The maximum atomic E-state index is 12.5. The molecule has 0 radical (unpaired) electrons. The minimum absolute atomic E-state index is 0.0403. The molecule has 3 atom stereocenters. The van der Waals surface area contributed by atoms with E-state index in [1.54, 1.807) is 14.2 Å². The first kappa shape index (κ1) is 21.7. The van der Waals surface area contributed by atoms with Crippen LogP contribution in [0.1, 0.15) is 41.7 Å². The fourth-order valence-corrected chi connectivity index (χ4v) is 3.92. The summed E-state index contributed by atoms with van der Waals surface area (Å²) in [6, 6.07) is 2.04. The van der Waals surface area contributed by atoms with E-state index < -0.39 is 6.10 Å². The summed E-state index contributed by atoms with van der Waals surface area (Å²) < 4.78 is 15.9. The minimum atomic E-state index is -0.679. The van der Waals surface area contributed by atoms with Gasteiger partial charge in [-0.3, -0.25) is 4.79 Å². The molecule has 1 unspecified atom stereocenters. The van der Waals surface area contributed by atoms with Crippen LogP contribution in [0, 0.1) is 25.7 Å². The van der Waals surface area contributed by atoms with Gasteiger partial charge in [0.2, 0.25) is 5.91 Å². The van der Waals surface area contributed by atoms with E-state index in [2.05, 4.69) is 12.2 Å². The Morgan fingerprint density at radius 2 is 1.96 bits per heavy atom. The summed E-state index contributed by atoms with van der Waals surface area (Å²) in [4.78, 5) is 12.5. The Morgan fingerprint density at radius 1 is 1.26 bits per heavy atom. The molecular weight excluding hydrogens is 346 g/mol. The van der Waals surface area contributed by atoms with Crippen LogP contribution in [0.15, 0.2) is 6.07 Å². The zero-order valence-electron chi connectivity index (χ0n) is 17.1. The van der Waals surface area contributed by atoms with Gasteiger partial charge in [0, 0.05) is 32.6 Å². The van der Waals surface area contributed by atoms with Crippen LogP contribution >= 0.6 is 0 Å². The van der Waals surface area contributed by atoms with E-state index in [4.69, 9.17) is 14.2 Å². The number of aliphatic hydroxyl groups excluding tert-OH is 1. The molecule has 0 heterocycles. The van der Waals surface area contributed by atoms with Crippen molar-refractivity contribution in [2.45, 2.75) is 39.7 Å². The van der Waals surface area contributed by atoms with Crippen molar-refractivity contribution in [2.24, 2.45) is 11.8 Å². The molecule has 0 fully saturated rings. The monoisotopic (exact) mass is 379 g/mol. The van der Waals surface area contributed by atoms with E-state index in [9.17, 15) is 9.90 Å². The van der Waals surface area contributed by atoms with Crippen molar-refractivity contribution < 1.29 is 24.1 Å². The molecular formula is C21H33NO5. The highest BCUT2D eigenvalue weighted by Crippen LogP contribution is 2.43. The van der Waals surface area contributed by atoms with Gasteiger partial charge in [-0.2, -0.15) is 0 Å². The number of benzene rings is 1. The molecule has 1 amide bonds. The zero-order chi connectivity index (χ0) is 20.0. The number of ether oxygens (including phenoxy) is 3. The second-order valence-electron chi connectivity index (χ2n) is 7.27. The SMILES string of the molecule is COCCNC(=O)C(C)[C@@H]1CCc2c(C)cc(OCCOC)c(C)c2[C@@H]1O. The van der Waals surface area contributed by atoms with Gasteiger partial charge in [-0.05, 0) is 55.0 Å². The van der Waals surface area contributed by atoms with Crippen molar-refractivity contribution in [3.63, 3.8) is 0 Å². The fourth-order valence-electron chi connectivity index (χ4n) is 3.92. The van der Waals surface area contributed by atoms with Crippen LogP contribution in [0.25, 0.3) is 0 Å². The standard InChI is InChI=1S/C21H33NO5/c1-13-12-18(27-11-10-26-5)15(3)19-16(13)6-7-17(20(19)23)14(2)21(24)22-8-9-25-4/h12,14,17,20,23H,6-11H2,1-5H3,(H,22,24)/t14?,17-,20+/m0/s1. The largest absolute Gasteiger partial charge is 0.491 e. The topological polar surface area (TPSA) is 77.0 Å². The number of hydrogen-bond donors (Lipinski definition) is 2. The molecule has 0 aromatic heterocycles.